The second kappa shape index (κ2) is 14.3. The van der Waals surface area contributed by atoms with E-state index in [1.165, 1.54) is 7.11 Å². The molecule has 3 aromatic carbocycles. The number of methoxy groups -OCH3 is 1. The third-order valence-electron chi connectivity index (χ3n) is 12.8. The van der Waals surface area contributed by atoms with Crippen molar-refractivity contribution in [3.05, 3.63) is 84.7 Å². The SMILES string of the molecule is COC(=O)N[C@H](C(=O)N1CC2(CC2)C[C@H]1c1ncc(-c2ccc(-c3ccc4cc(-c5cnc([C@@H]6[C@@H]7CC[C@@H](C7)N6C(=O)OC(C)(C)C)[nH]5)ccc4c3)cc2)[nH]1)C(C)C. The molecule has 5 aromatic rings. The molecule has 4 aliphatic rings. The quantitative estimate of drug-likeness (QED) is 0.142. The van der Waals surface area contributed by atoms with Crippen LogP contribution in [0.25, 0.3) is 44.4 Å². The van der Waals surface area contributed by atoms with Gasteiger partial charge in [0, 0.05) is 18.2 Å². The normalized spacial score (nSPS) is 22.5. The van der Waals surface area contributed by atoms with Gasteiger partial charge < -0.3 is 29.7 Å². The first-order chi connectivity index (χ1) is 27.8. The number of benzene rings is 3. The fraction of sp³-hybridized carbons (Fsp3) is 0.457. The summed E-state index contributed by atoms with van der Waals surface area (Å²) in [5.74, 6) is 1.78. The van der Waals surface area contributed by atoms with Crippen molar-refractivity contribution in [3.8, 4) is 33.6 Å². The van der Waals surface area contributed by atoms with Gasteiger partial charge in [-0.15, -0.1) is 0 Å². The molecule has 0 unspecified atom stereocenters. The van der Waals surface area contributed by atoms with Crippen molar-refractivity contribution in [1.29, 1.82) is 0 Å². The molecule has 2 aliphatic carbocycles. The van der Waals surface area contributed by atoms with Gasteiger partial charge in [-0.25, -0.2) is 19.6 Å². The number of carbonyl (C=O) groups is 3. The van der Waals surface area contributed by atoms with Crippen LogP contribution in [0.5, 0.6) is 0 Å². The number of H-pyrrole nitrogens is 2. The number of fused-ring (bicyclic) bond motifs is 3. The predicted octanol–water partition coefficient (Wildman–Crippen LogP) is 9.18. The van der Waals surface area contributed by atoms with E-state index in [-0.39, 0.29) is 41.5 Å². The fourth-order valence-corrected chi connectivity index (χ4v) is 9.59. The molecule has 302 valence electrons. The second-order valence-electron chi connectivity index (χ2n) is 18.3. The van der Waals surface area contributed by atoms with Gasteiger partial charge in [0.15, 0.2) is 0 Å². The van der Waals surface area contributed by atoms with E-state index in [0.29, 0.717) is 12.5 Å². The lowest BCUT2D eigenvalue weighted by molar-refractivity contribution is -0.135. The Morgan fingerprint density at radius 1 is 0.845 bits per heavy atom. The Bertz CT molecular complexity index is 2370. The number of alkyl carbamates (subject to hydrolysis) is 1. The maximum atomic E-state index is 13.9. The van der Waals surface area contributed by atoms with Crippen LogP contribution in [-0.4, -0.2) is 79.2 Å². The molecule has 0 radical (unpaired) electrons. The third-order valence-corrected chi connectivity index (χ3v) is 12.8. The standard InChI is InChI=1S/C46H53N7O5/c1-26(2)38(51-43(55)57-6)42(54)52-25-46(17-18-46)22-37(52)40-47-23-35(49-40)28-9-7-27(8-10-28)29-11-12-31-20-32(14-13-30(31)19-29)36-24-48-41(50-36)39-33-15-16-34(21-33)53(39)44(56)58-45(3,4)5/h7-14,19-20,23-24,26,33-34,37-39H,15-18,21-22,25H2,1-6H3,(H,47,49)(H,48,50)(H,51,55)/t33-,34+,37+,38+,39+/m1/s1. The van der Waals surface area contributed by atoms with Crippen LogP contribution in [0.15, 0.2) is 73.1 Å². The van der Waals surface area contributed by atoms with Crippen molar-refractivity contribution in [2.24, 2.45) is 17.3 Å². The Morgan fingerprint density at radius 2 is 1.47 bits per heavy atom. The maximum Gasteiger partial charge on any atom is 0.411 e. The summed E-state index contributed by atoms with van der Waals surface area (Å²) in [6.07, 6.45) is 9.02. The molecule has 2 saturated heterocycles. The Kier molecular flexibility index (Phi) is 9.36. The summed E-state index contributed by atoms with van der Waals surface area (Å²) in [5, 5.41) is 5.02. The largest absolute Gasteiger partial charge is 0.453 e. The average Bonchev–Trinajstić information content (AvgIpc) is 3.83. The lowest BCUT2D eigenvalue weighted by Crippen LogP contribution is -2.51. The molecular formula is C46H53N7O5. The van der Waals surface area contributed by atoms with E-state index >= 15 is 0 Å². The number of aromatic amines is 2. The maximum absolute atomic E-state index is 13.9. The van der Waals surface area contributed by atoms with Gasteiger partial charge in [-0.3, -0.25) is 9.69 Å². The molecule has 2 aliphatic heterocycles. The van der Waals surface area contributed by atoms with E-state index in [0.717, 1.165) is 94.6 Å². The molecule has 12 heteroatoms. The number of hydrogen-bond donors (Lipinski definition) is 3. The molecule has 2 bridgehead atoms. The Hall–Kier alpha value is -5.65. The van der Waals surface area contributed by atoms with E-state index in [4.69, 9.17) is 19.4 Å². The van der Waals surface area contributed by atoms with Crippen LogP contribution in [-0.2, 0) is 14.3 Å². The van der Waals surface area contributed by atoms with Crippen molar-refractivity contribution < 1.29 is 23.9 Å². The first-order valence-electron chi connectivity index (χ1n) is 20.7. The minimum atomic E-state index is -0.677. The predicted molar refractivity (Wildman–Crippen MR) is 221 cm³/mol. The third kappa shape index (κ3) is 7.11. The topological polar surface area (TPSA) is 146 Å². The van der Waals surface area contributed by atoms with Gasteiger partial charge in [0.2, 0.25) is 5.91 Å². The summed E-state index contributed by atoms with van der Waals surface area (Å²) < 4.78 is 10.6. The lowest BCUT2D eigenvalue weighted by Gasteiger charge is -2.35. The van der Waals surface area contributed by atoms with E-state index in [9.17, 15) is 14.4 Å². The number of piperidine rings is 1. The van der Waals surface area contributed by atoms with Crippen LogP contribution in [0.4, 0.5) is 9.59 Å². The van der Waals surface area contributed by atoms with Crippen molar-refractivity contribution >= 4 is 28.9 Å². The molecule has 1 spiro atoms. The van der Waals surface area contributed by atoms with E-state index in [1.54, 1.807) is 0 Å². The van der Waals surface area contributed by atoms with Crippen molar-refractivity contribution in [3.63, 3.8) is 0 Å². The fourth-order valence-electron chi connectivity index (χ4n) is 9.59. The summed E-state index contributed by atoms with van der Waals surface area (Å²) in [6.45, 7) is 10.3. The van der Waals surface area contributed by atoms with Gasteiger partial charge >= 0.3 is 12.2 Å². The number of hydrogen-bond acceptors (Lipinski definition) is 7. The summed E-state index contributed by atoms with van der Waals surface area (Å²) >= 11 is 0. The molecule has 3 amide bonds. The molecule has 12 nitrogen and oxygen atoms in total. The highest BCUT2D eigenvalue weighted by Crippen LogP contribution is 2.58. The van der Waals surface area contributed by atoms with Gasteiger partial charge in [-0.2, -0.15) is 0 Å². The van der Waals surface area contributed by atoms with E-state index < -0.39 is 17.7 Å². The van der Waals surface area contributed by atoms with E-state index in [1.807, 2.05) is 56.8 Å². The highest BCUT2D eigenvalue weighted by atomic mass is 16.6. The van der Waals surface area contributed by atoms with Gasteiger partial charge in [0.25, 0.3) is 0 Å². The van der Waals surface area contributed by atoms with Crippen LogP contribution < -0.4 is 5.32 Å². The number of rotatable bonds is 8. The minimum Gasteiger partial charge on any atom is -0.453 e. The Balaban J connectivity index is 0.896. The molecule has 4 heterocycles. The van der Waals surface area contributed by atoms with Gasteiger partial charge in [-0.05, 0) is 116 Å². The smallest absolute Gasteiger partial charge is 0.411 e. The number of imidazole rings is 2. The van der Waals surface area contributed by atoms with Crippen LogP contribution in [0, 0.1) is 17.3 Å². The second-order valence-corrected chi connectivity index (χ2v) is 18.3. The van der Waals surface area contributed by atoms with Crippen LogP contribution in [0.3, 0.4) is 0 Å². The zero-order valence-corrected chi connectivity index (χ0v) is 34.2. The molecule has 2 saturated carbocycles. The lowest BCUT2D eigenvalue weighted by atomic mass is 9.98. The number of amides is 3. The van der Waals surface area contributed by atoms with Crippen LogP contribution in [0.2, 0.25) is 0 Å². The molecule has 5 atom stereocenters. The monoisotopic (exact) mass is 783 g/mol. The van der Waals surface area contributed by atoms with Crippen LogP contribution in [0.1, 0.15) is 96.9 Å². The molecule has 58 heavy (non-hydrogen) atoms. The van der Waals surface area contributed by atoms with Gasteiger partial charge in [0.1, 0.15) is 23.3 Å². The number of carbonyl (C=O) groups excluding carboxylic acids is 3. The molecule has 4 fully saturated rings. The number of nitrogens with one attached hydrogen (secondary N) is 3. The average molecular weight is 784 g/mol. The summed E-state index contributed by atoms with van der Waals surface area (Å²) in [4.78, 5) is 59.8. The highest BCUT2D eigenvalue weighted by molar-refractivity contribution is 5.91. The molecule has 2 aromatic heterocycles. The number of likely N-dealkylation sites (tertiary alicyclic amines) is 2. The summed E-state index contributed by atoms with van der Waals surface area (Å²) in [7, 11) is 1.31. The van der Waals surface area contributed by atoms with E-state index in [2.05, 4.69) is 75.9 Å². The number of nitrogens with zero attached hydrogens (tertiary/aromatic N) is 4. The van der Waals surface area contributed by atoms with Crippen LogP contribution >= 0.6 is 0 Å². The number of aromatic nitrogens is 4. The first-order valence-corrected chi connectivity index (χ1v) is 20.7. The van der Waals surface area contributed by atoms with Crippen molar-refractivity contribution in [2.45, 2.75) is 103 Å². The zero-order valence-electron chi connectivity index (χ0n) is 34.2. The van der Waals surface area contributed by atoms with Crippen molar-refractivity contribution in [1.82, 2.24) is 35.1 Å². The molecule has 9 rings (SSSR count). The number of ether oxygens (including phenoxy) is 2. The highest BCUT2D eigenvalue weighted by Gasteiger charge is 2.55. The summed E-state index contributed by atoms with van der Waals surface area (Å²) in [6, 6.07) is 20.7. The molecular weight excluding hydrogens is 731 g/mol. The van der Waals surface area contributed by atoms with Crippen molar-refractivity contribution in [2.75, 3.05) is 13.7 Å². The first kappa shape index (κ1) is 37.9. The molecule has 3 N–H and O–H groups in total. The Labute approximate surface area is 339 Å². The Morgan fingerprint density at radius 3 is 2.14 bits per heavy atom. The minimum absolute atomic E-state index is 0.0951. The van der Waals surface area contributed by atoms with Gasteiger partial charge in [0.05, 0.1) is 43.0 Å². The van der Waals surface area contributed by atoms with Gasteiger partial charge in [-0.1, -0.05) is 62.4 Å². The zero-order chi connectivity index (χ0) is 40.5. The summed E-state index contributed by atoms with van der Waals surface area (Å²) in [5.41, 5.74) is 5.69.